The van der Waals surface area contributed by atoms with Crippen LogP contribution in [0.3, 0.4) is 0 Å². The van der Waals surface area contributed by atoms with Gasteiger partial charge in [-0.05, 0) is 35.7 Å². The van der Waals surface area contributed by atoms with E-state index in [0.717, 1.165) is 6.42 Å². The lowest BCUT2D eigenvalue weighted by Gasteiger charge is -2.20. The van der Waals surface area contributed by atoms with Crippen LogP contribution in [0, 0.1) is 0 Å². The van der Waals surface area contributed by atoms with Gasteiger partial charge in [-0.3, -0.25) is 11.3 Å². The molecule has 2 unspecified atom stereocenters. The topological polar surface area (TPSA) is 47.3 Å². The Morgan fingerprint density at radius 1 is 1.17 bits per heavy atom. The van der Waals surface area contributed by atoms with Gasteiger partial charge < -0.3 is 4.74 Å². The molecule has 3 N–H and O–H groups in total. The SMILES string of the molecule is COC(C)CC(NN)c1ccc2ccccc2c1. The molecule has 0 aliphatic carbocycles. The molecule has 0 heterocycles. The fraction of sp³-hybridized carbons (Fsp3) is 0.333. The van der Waals surface area contributed by atoms with Crippen molar-refractivity contribution in [3.8, 4) is 0 Å². The van der Waals surface area contributed by atoms with Crippen LogP contribution >= 0.6 is 0 Å². The zero-order chi connectivity index (χ0) is 13.0. The van der Waals surface area contributed by atoms with Crippen LogP contribution in [-0.2, 0) is 4.74 Å². The van der Waals surface area contributed by atoms with Crippen molar-refractivity contribution in [2.45, 2.75) is 25.5 Å². The summed E-state index contributed by atoms with van der Waals surface area (Å²) in [7, 11) is 1.72. The molecule has 0 bridgehead atoms. The van der Waals surface area contributed by atoms with Crippen LogP contribution in [0.1, 0.15) is 24.9 Å². The maximum absolute atomic E-state index is 5.65. The molecule has 0 amide bonds. The van der Waals surface area contributed by atoms with Gasteiger partial charge in [-0.15, -0.1) is 0 Å². The third-order valence-electron chi connectivity index (χ3n) is 3.35. The molecule has 18 heavy (non-hydrogen) atoms. The summed E-state index contributed by atoms with van der Waals surface area (Å²) in [5, 5.41) is 2.48. The van der Waals surface area contributed by atoms with Gasteiger partial charge in [0.25, 0.3) is 0 Å². The second kappa shape index (κ2) is 5.96. The average Bonchev–Trinajstić information content (AvgIpc) is 2.44. The smallest absolute Gasteiger partial charge is 0.0561 e. The Morgan fingerprint density at radius 3 is 2.56 bits per heavy atom. The van der Waals surface area contributed by atoms with E-state index in [-0.39, 0.29) is 12.1 Å². The van der Waals surface area contributed by atoms with Crippen molar-refractivity contribution in [3.05, 3.63) is 48.0 Å². The molecular formula is C15H20N2O. The molecule has 0 spiro atoms. The zero-order valence-corrected chi connectivity index (χ0v) is 10.9. The summed E-state index contributed by atoms with van der Waals surface area (Å²) in [5.41, 5.74) is 4.06. The normalized spacial score (nSPS) is 14.6. The Balaban J connectivity index is 2.27. The quantitative estimate of drug-likeness (QED) is 0.628. The number of hydrazine groups is 1. The van der Waals surface area contributed by atoms with E-state index in [0.29, 0.717) is 0 Å². The molecule has 0 aromatic heterocycles. The van der Waals surface area contributed by atoms with Crippen molar-refractivity contribution in [2.75, 3.05) is 7.11 Å². The van der Waals surface area contributed by atoms with Crippen molar-refractivity contribution in [1.29, 1.82) is 0 Å². The van der Waals surface area contributed by atoms with Crippen molar-refractivity contribution >= 4 is 10.8 Å². The summed E-state index contributed by atoms with van der Waals surface area (Å²) >= 11 is 0. The lowest BCUT2D eigenvalue weighted by molar-refractivity contribution is 0.100. The molecule has 0 aliphatic heterocycles. The fourth-order valence-electron chi connectivity index (χ4n) is 2.15. The predicted molar refractivity (Wildman–Crippen MR) is 75.1 cm³/mol. The molecule has 2 rings (SSSR count). The summed E-state index contributed by atoms with van der Waals surface area (Å²) in [5.74, 6) is 5.65. The number of methoxy groups -OCH3 is 1. The van der Waals surface area contributed by atoms with Crippen molar-refractivity contribution < 1.29 is 4.74 Å². The number of nitrogens with two attached hydrogens (primary N) is 1. The van der Waals surface area contributed by atoms with E-state index in [1.165, 1.54) is 16.3 Å². The lowest BCUT2D eigenvalue weighted by Crippen LogP contribution is -2.30. The number of hydrogen-bond acceptors (Lipinski definition) is 3. The maximum atomic E-state index is 5.65. The van der Waals surface area contributed by atoms with Gasteiger partial charge in [-0.25, -0.2) is 0 Å². The summed E-state index contributed by atoms with van der Waals surface area (Å²) < 4.78 is 5.30. The summed E-state index contributed by atoms with van der Waals surface area (Å²) in [6, 6.07) is 14.9. The first-order valence-electron chi connectivity index (χ1n) is 6.22. The third kappa shape index (κ3) is 2.88. The highest BCUT2D eigenvalue weighted by atomic mass is 16.5. The average molecular weight is 244 g/mol. The van der Waals surface area contributed by atoms with Crippen LogP contribution in [-0.4, -0.2) is 13.2 Å². The van der Waals surface area contributed by atoms with Gasteiger partial charge in [0.05, 0.1) is 6.10 Å². The fourth-order valence-corrected chi connectivity index (χ4v) is 2.15. The minimum atomic E-state index is 0.115. The molecule has 0 fully saturated rings. The molecule has 2 aromatic rings. The number of nitrogens with one attached hydrogen (secondary N) is 1. The Bertz CT molecular complexity index is 513. The second-order valence-electron chi connectivity index (χ2n) is 4.61. The van der Waals surface area contributed by atoms with Crippen LogP contribution in [0.5, 0.6) is 0 Å². The molecule has 0 saturated heterocycles. The number of hydrogen-bond donors (Lipinski definition) is 2. The number of benzene rings is 2. The highest BCUT2D eigenvalue weighted by molar-refractivity contribution is 5.83. The second-order valence-corrected chi connectivity index (χ2v) is 4.61. The highest BCUT2D eigenvalue weighted by Gasteiger charge is 2.13. The Kier molecular flexibility index (Phi) is 4.31. The van der Waals surface area contributed by atoms with E-state index in [1.54, 1.807) is 7.11 Å². The van der Waals surface area contributed by atoms with Gasteiger partial charge in [-0.2, -0.15) is 0 Å². The molecule has 3 heteroatoms. The number of rotatable bonds is 5. The molecule has 0 radical (unpaired) electrons. The largest absolute Gasteiger partial charge is 0.382 e. The Morgan fingerprint density at radius 2 is 1.89 bits per heavy atom. The van der Waals surface area contributed by atoms with Gasteiger partial charge in [0.1, 0.15) is 0 Å². The molecular weight excluding hydrogens is 224 g/mol. The highest BCUT2D eigenvalue weighted by Crippen LogP contribution is 2.23. The Labute approximate surface area is 108 Å². The van der Waals surface area contributed by atoms with Gasteiger partial charge in [0, 0.05) is 13.2 Å². The first-order chi connectivity index (χ1) is 8.74. The summed E-state index contributed by atoms with van der Waals surface area (Å²) in [6.45, 7) is 2.05. The first-order valence-corrected chi connectivity index (χ1v) is 6.22. The van der Waals surface area contributed by atoms with Crippen molar-refractivity contribution in [1.82, 2.24) is 5.43 Å². The van der Waals surface area contributed by atoms with E-state index in [4.69, 9.17) is 10.6 Å². The van der Waals surface area contributed by atoms with Crippen LogP contribution in [0.2, 0.25) is 0 Å². The summed E-state index contributed by atoms with van der Waals surface area (Å²) in [6.07, 6.45) is 1.03. The van der Waals surface area contributed by atoms with Crippen LogP contribution in [0.4, 0.5) is 0 Å². The zero-order valence-electron chi connectivity index (χ0n) is 10.9. The molecule has 3 nitrogen and oxygen atoms in total. The first kappa shape index (κ1) is 13.0. The van der Waals surface area contributed by atoms with E-state index in [2.05, 4.69) is 41.8 Å². The third-order valence-corrected chi connectivity index (χ3v) is 3.35. The Hall–Kier alpha value is -1.42. The minimum Gasteiger partial charge on any atom is -0.382 e. The number of fused-ring (bicyclic) bond motifs is 1. The molecule has 96 valence electrons. The van der Waals surface area contributed by atoms with E-state index < -0.39 is 0 Å². The van der Waals surface area contributed by atoms with Gasteiger partial charge in [0.15, 0.2) is 0 Å². The molecule has 0 saturated carbocycles. The van der Waals surface area contributed by atoms with E-state index >= 15 is 0 Å². The maximum Gasteiger partial charge on any atom is 0.0561 e. The predicted octanol–water partition coefficient (Wildman–Crippen LogP) is 2.77. The van der Waals surface area contributed by atoms with Gasteiger partial charge in [-0.1, -0.05) is 36.4 Å². The van der Waals surface area contributed by atoms with Crippen LogP contribution < -0.4 is 11.3 Å². The van der Waals surface area contributed by atoms with Crippen molar-refractivity contribution in [3.63, 3.8) is 0 Å². The van der Waals surface area contributed by atoms with Gasteiger partial charge in [0.2, 0.25) is 0 Å². The van der Waals surface area contributed by atoms with E-state index in [9.17, 15) is 0 Å². The van der Waals surface area contributed by atoms with Crippen LogP contribution in [0.25, 0.3) is 10.8 Å². The lowest BCUT2D eigenvalue weighted by atomic mass is 9.98. The van der Waals surface area contributed by atoms with Crippen LogP contribution in [0.15, 0.2) is 42.5 Å². The van der Waals surface area contributed by atoms with E-state index in [1.807, 2.05) is 13.0 Å². The standard InChI is InChI=1S/C15H20N2O/c1-11(18-2)9-15(17-16)14-8-7-12-5-3-4-6-13(12)10-14/h3-8,10-11,15,17H,9,16H2,1-2H3. The molecule has 2 atom stereocenters. The van der Waals surface area contributed by atoms with Gasteiger partial charge >= 0.3 is 0 Å². The molecule has 0 aliphatic rings. The minimum absolute atomic E-state index is 0.115. The molecule has 2 aromatic carbocycles. The summed E-state index contributed by atoms with van der Waals surface area (Å²) in [4.78, 5) is 0. The van der Waals surface area contributed by atoms with Crippen molar-refractivity contribution in [2.24, 2.45) is 5.84 Å². The monoisotopic (exact) mass is 244 g/mol. The number of ether oxygens (including phenoxy) is 1.